The summed E-state index contributed by atoms with van der Waals surface area (Å²) in [6.45, 7) is 1.78. The third-order valence-electron chi connectivity index (χ3n) is 3.62. The Bertz CT molecular complexity index is 908. The summed E-state index contributed by atoms with van der Waals surface area (Å²) < 4.78 is 0. The van der Waals surface area contributed by atoms with Gasteiger partial charge < -0.3 is 11.1 Å². The van der Waals surface area contributed by atoms with E-state index in [4.69, 9.17) is 28.9 Å². The van der Waals surface area contributed by atoms with E-state index in [1.807, 2.05) is 0 Å². The molecule has 10 heteroatoms. The number of carbonyl (C=O) groups is 2. The molecule has 0 saturated carbocycles. The molecular weight excluding hydrogens is 413 g/mol. The first kappa shape index (κ1) is 21.0. The van der Waals surface area contributed by atoms with E-state index >= 15 is 0 Å². The number of thioether (sulfide) groups is 1. The van der Waals surface area contributed by atoms with E-state index in [9.17, 15) is 19.7 Å². The second kappa shape index (κ2) is 9.07. The van der Waals surface area contributed by atoms with Gasteiger partial charge in [-0.15, -0.1) is 11.8 Å². The van der Waals surface area contributed by atoms with Crippen molar-refractivity contribution in [1.29, 1.82) is 0 Å². The fourth-order valence-electron chi connectivity index (χ4n) is 2.23. The lowest BCUT2D eigenvalue weighted by Gasteiger charge is -2.15. The molecule has 0 heterocycles. The lowest BCUT2D eigenvalue weighted by molar-refractivity contribution is -0.387. The van der Waals surface area contributed by atoms with Gasteiger partial charge in [0.15, 0.2) is 0 Å². The topological polar surface area (TPSA) is 115 Å². The Balaban J connectivity index is 2.03. The minimum absolute atomic E-state index is 0.0312. The molecule has 0 saturated heterocycles. The molecule has 0 bridgehead atoms. The van der Waals surface area contributed by atoms with Crippen molar-refractivity contribution < 1.29 is 14.5 Å². The molecule has 0 spiro atoms. The van der Waals surface area contributed by atoms with Crippen LogP contribution in [0.3, 0.4) is 0 Å². The van der Waals surface area contributed by atoms with Gasteiger partial charge in [0, 0.05) is 11.6 Å². The van der Waals surface area contributed by atoms with Crippen LogP contribution in [0.15, 0.2) is 41.3 Å². The van der Waals surface area contributed by atoms with Gasteiger partial charge in [0.2, 0.25) is 11.8 Å². The zero-order chi connectivity index (χ0) is 20.1. The Hall–Kier alpha value is -2.29. The lowest BCUT2D eigenvalue weighted by Crippen LogP contribution is -2.28. The normalized spacial score (nSPS) is 11.7. The minimum atomic E-state index is -0.761. The van der Waals surface area contributed by atoms with Crippen LogP contribution in [0.5, 0.6) is 0 Å². The third-order valence-corrected chi connectivity index (χ3v) is 5.42. The highest BCUT2D eigenvalue weighted by Gasteiger charge is 2.18. The van der Waals surface area contributed by atoms with E-state index in [1.54, 1.807) is 25.1 Å². The maximum atomic E-state index is 12.2. The zero-order valence-corrected chi connectivity index (χ0v) is 16.4. The Morgan fingerprint density at radius 1 is 1.22 bits per heavy atom. The number of benzene rings is 2. The highest BCUT2D eigenvalue weighted by molar-refractivity contribution is 8.00. The van der Waals surface area contributed by atoms with Gasteiger partial charge in [-0.05, 0) is 36.8 Å². The van der Waals surface area contributed by atoms with Gasteiger partial charge >= 0.3 is 0 Å². The molecule has 7 nitrogen and oxygen atoms in total. The monoisotopic (exact) mass is 427 g/mol. The van der Waals surface area contributed by atoms with Crippen molar-refractivity contribution in [3.63, 3.8) is 0 Å². The zero-order valence-electron chi connectivity index (χ0n) is 14.1. The second-order valence-corrected chi connectivity index (χ2v) is 7.39. The Kier molecular flexibility index (Phi) is 7.06. The fraction of sp³-hybridized carbons (Fsp3) is 0.176. The van der Waals surface area contributed by atoms with Crippen molar-refractivity contribution >= 4 is 52.5 Å². The van der Waals surface area contributed by atoms with Gasteiger partial charge in [0.1, 0.15) is 0 Å². The second-order valence-electron chi connectivity index (χ2n) is 5.56. The van der Waals surface area contributed by atoms with Crippen molar-refractivity contribution in [2.45, 2.75) is 17.9 Å². The van der Waals surface area contributed by atoms with Crippen molar-refractivity contribution in [2.75, 3.05) is 5.75 Å². The van der Waals surface area contributed by atoms with Crippen molar-refractivity contribution in [3.05, 3.63) is 67.7 Å². The molecule has 27 heavy (non-hydrogen) atoms. The molecule has 2 aromatic carbocycles. The summed E-state index contributed by atoms with van der Waals surface area (Å²) in [5.74, 6) is -1.11. The van der Waals surface area contributed by atoms with Crippen LogP contribution < -0.4 is 11.1 Å². The number of carbonyl (C=O) groups excluding carboxylic acids is 2. The standard InChI is InChI=1S/C17H15Cl2N3O4S/c1-9(10-2-4-12(18)13(19)6-10)21-16(23)8-27-15-5-3-11(17(20)24)7-14(15)22(25)26/h2-7,9H,8H2,1H3,(H2,20,24)(H,21,23). The first-order valence-electron chi connectivity index (χ1n) is 7.64. The molecule has 1 unspecified atom stereocenters. The molecule has 2 rings (SSSR count). The molecule has 1 atom stereocenters. The number of hydrogen-bond donors (Lipinski definition) is 2. The van der Waals surface area contributed by atoms with E-state index in [0.717, 1.165) is 23.4 Å². The number of nitrogens with zero attached hydrogens (tertiary/aromatic N) is 1. The highest BCUT2D eigenvalue weighted by atomic mass is 35.5. The van der Waals surface area contributed by atoms with E-state index in [-0.39, 0.29) is 33.8 Å². The van der Waals surface area contributed by atoms with Crippen LogP contribution in [0, 0.1) is 10.1 Å². The van der Waals surface area contributed by atoms with Gasteiger partial charge in [-0.2, -0.15) is 0 Å². The van der Waals surface area contributed by atoms with Crippen molar-refractivity contribution in [2.24, 2.45) is 5.73 Å². The summed E-state index contributed by atoms with van der Waals surface area (Å²) in [7, 11) is 0. The maximum absolute atomic E-state index is 12.2. The van der Waals surface area contributed by atoms with Crippen LogP contribution in [0.4, 0.5) is 5.69 Å². The van der Waals surface area contributed by atoms with Crippen molar-refractivity contribution in [3.8, 4) is 0 Å². The van der Waals surface area contributed by atoms with Gasteiger partial charge in [0.25, 0.3) is 5.69 Å². The van der Waals surface area contributed by atoms with Gasteiger partial charge in [-0.1, -0.05) is 29.3 Å². The molecule has 0 radical (unpaired) electrons. The minimum Gasteiger partial charge on any atom is -0.366 e. The molecule has 142 valence electrons. The molecule has 0 aromatic heterocycles. The Morgan fingerprint density at radius 3 is 2.52 bits per heavy atom. The molecule has 0 aliphatic heterocycles. The number of nitrogens with one attached hydrogen (secondary N) is 1. The van der Waals surface area contributed by atoms with Crippen LogP contribution in [0.2, 0.25) is 10.0 Å². The number of halogens is 2. The predicted molar refractivity (Wildman–Crippen MR) is 105 cm³/mol. The number of rotatable bonds is 7. The Labute approximate surface area is 169 Å². The van der Waals surface area contributed by atoms with Crippen molar-refractivity contribution in [1.82, 2.24) is 5.32 Å². The molecule has 2 amide bonds. The van der Waals surface area contributed by atoms with Gasteiger partial charge in [-0.25, -0.2) is 0 Å². The summed E-state index contributed by atoms with van der Waals surface area (Å²) >= 11 is 12.8. The van der Waals surface area contributed by atoms with Gasteiger partial charge in [0.05, 0.1) is 31.7 Å². The first-order chi connectivity index (χ1) is 12.7. The predicted octanol–water partition coefficient (Wildman–Crippen LogP) is 3.97. The van der Waals surface area contributed by atoms with E-state index < -0.39 is 10.8 Å². The van der Waals surface area contributed by atoms with E-state index in [1.165, 1.54) is 12.1 Å². The molecular formula is C17H15Cl2N3O4S. The summed E-state index contributed by atoms with van der Waals surface area (Å²) in [5.41, 5.74) is 5.67. The number of nitro groups is 1. The molecule has 0 aliphatic carbocycles. The van der Waals surface area contributed by atoms with Gasteiger partial charge in [-0.3, -0.25) is 19.7 Å². The molecule has 2 aromatic rings. The molecule has 3 N–H and O–H groups in total. The number of nitrogens with two attached hydrogens (primary N) is 1. The largest absolute Gasteiger partial charge is 0.366 e. The van der Waals surface area contributed by atoms with Crippen LogP contribution in [0.1, 0.15) is 28.9 Å². The molecule has 0 fully saturated rings. The summed E-state index contributed by atoms with van der Waals surface area (Å²) in [6.07, 6.45) is 0. The van der Waals surface area contributed by atoms with Crippen LogP contribution in [0.25, 0.3) is 0 Å². The van der Waals surface area contributed by atoms with Crippen LogP contribution in [-0.2, 0) is 4.79 Å². The summed E-state index contributed by atoms with van der Waals surface area (Å²) in [4.78, 5) is 34.2. The number of amides is 2. The quantitative estimate of drug-likeness (QED) is 0.393. The number of nitro benzene ring substituents is 1. The number of primary amides is 1. The SMILES string of the molecule is CC(NC(=O)CSc1ccc(C(N)=O)cc1[N+](=O)[O-])c1ccc(Cl)c(Cl)c1. The highest BCUT2D eigenvalue weighted by Crippen LogP contribution is 2.30. The third kappa shape index (κ3) is 5.59. The smallest absolute Gasteiger partial charge is 0.283 e. The average Bonchev–Trinajstić information content (AvgIpc) is 2.61. The number of hydrogen-bond acceptors (Lipinski definition) is 5. The summed E-state index contributed by atoms with van der Waals surface area (Å²) in [6, 6.07) is 8.61. The maximum Gasteiger partial charge on any atom is 0.283 e. The molecule has 0 aliphatic rings. The lowest BCUT2D eigenvalue weighted by atomic mass is 10.1. The first-order valence-corrected chi connectivity index (χ1v) is 9.38. The summed E-state index contributed by atoms with van der Waals surface area (Å²) in [5, 5.41) is 14.8. The van der Waals surface area contributed by atoms with E-state index in [0.29, 0.717) is 10.0 Å². The van der Waals surface area contributed by atoms with E-state index in [2.05, 4.69) is 5.32 Å². The average molecular weight is 428 g/mol. The van der Waals surface area contributed by atoms with Crippen LogP contribution >= 0.6 is 35.0 Å². The van der Waals surface area contributed by atoms with Crippen LogP contribution in [-0.4, -0.2) is 22.5 Å². The Morgan fingerprint density at radius 2 is 1.93 bits per heavy atom. The fourth-order valence-corrected chi connectivity index (χ4v) is 3.35.